The average molecular weight is 345 g/mol. The number of alkyl halides is 1. The van der Waals surface area contributed by atoms with Crippen molar-refractivity contribution >= 4 is 53.9 Å². The molecule has 0 amide bonds. The lowest BCUT2D eigenvalue weighted by molar-refractivity contribution is 0.530. The first-order chi connectivity index (χ1) is 5.24. The van der Waals surface area contributed by atoms with Gasteiger partial charge in [-0.2, -0.15) is 0 Å². The molecule has 0 aliphatic carbocycles. The fourth-order valence-electron chi connectivity index (χ4n) is 0.606. The van der Waals surface area contributed by atoms with E-state index in [0.717, 1.165) is 20.2 Å². The lowest BCUT2D eigenvalue weighted by Gasteiger charge is -1.80. The first-order valence-electron chi connectivity index (χ1n) is 2.91. The Morgan fingerprint density at radius 1 is 1.45 bits per heavy atom. The number of halogens is 3. The minimum absolute atomic E-state index is 0.728. The second-order valence-electron chi connectivity index (χ2n) is 1.83. The third-order valence-electron chi connectivity index (χ3n) is 1.04. The predicted octanol–water partition coefficient (Wildman–Crippen LogP) is 4.21. The molecule has 1 nitrogen and oxygen atoms in total. The summed E-state index contributed by atoms with van der Waals surface area (Å²) in [4.78, 5) is 0. The molecule has 0 unspecified atom stereocenters. The fraction of sp³-hybridized carbons (Fsp3) is 0.143. The van der Waals surface area contributed by atoms with E-state index in [0.29, 0.717) is 0 Å². The summed E-state index contributed by atoms with van der Waals surface area (Å²) in [5.74, 6) is 0.836. The van der Waals surface area contributed by atoms with E-state index in [1.54, 1.807) is 0 Å². The molecule has 1 aromatic rings. The van der Waals surface area contributed by atoms with E-state index in [9.17, 15) is 0 Å². The average Bonchev–Trinajstić information content (AvgIpc) is 2.28. The predicted molar refractivity (Wildman–Crippen MR) is 56.9 cm³/mol. The molecule has 0 spiro atoms. The Hall–Kier alpha value is 0.460. The largest absolute Gasteiger partial charge is 0.449 e. The van der Waals surface area contributed by atoms with Gasteiger partial charge in [-0.05, 0) is 44.0 Å². The van der Waals surface area contributed by atoms with E-state index in [1.165, 1.54) is 0 Å². The molecular formula is C7H5Br3O. The molecule has 0 saturated heterocycles. The monoisotopic (exact) mass is 342 g/mol. The third kappa shape index (κ3) is 2.76. The zero-order valence-electron chi connectivity index (χ0n) is 5.48. The Labute approximate surface area is 90.2 Å². The van der Waals surface area contributed by atoms with Crippen LogP contribution in [0.25, 0.3) is 6.08 Å². The van der Waals surface area contributed by atoms with Crippen molar-refractivity contribution in [1.29, 1.82) is 0 Å². The van der Waals surface area contributed by atoms with Gasteiger partial charge in [0.1, 0.15) is 5.76 Å². The van der Waals surface area contributed by atoms with E-state index in [4.69, 9.17) is 4.42 Å². The van der Waals surface area contributed by atoms with Crippen molar-refractivity contribution in [2.24, 2.45) is 0 Å². The van der Waals surface area contributed by atoms with Gasteiger partial charge in [0.25, 0.3) is 0 Å². The maximum Gasteiger partial charge on any atom is 0.184 e. The maximum atomic E-state index is 5.28. The summed E-state index contributed by atoms with van der Waals surface area (Å²) in [6, 6.07) is 1.91. The van der Waals surface area contributed by atoms with Crippen molar-refractivity contribution in [3.63, 3.8) is 0 Å². The lowest BCUT2D eigenvalue weighted by Crippen LogP contribution is -1.60. The summed E-state index contributed by atoms with van der Waals surface area (Å²) in [7, 11) is 0. The maximum absolute atomic E-state index is 5.28. The summed E-state index contributed by atoms with van der Waals surface area (Å²) in [5, 5.41) is 0.836. The molecule has 0 aliphatic rings. The first kappa shape index (κ1) is 9.55. The SMILES string of the molecule is BrCC=Cc1cc(Br)c(Br)o1. The van der Waals surface area contributed by atoms with Gasteiger partial charge in [-0.1, -0.05) is 22.0 Å². The highest BCUT2D eigenvalue weighted by molar-refractivity contribution is 9.13. The Morgan fingerprint density at radius 2 is 2.18 bits per heavy atom. The smallest absolute Gasteiger partial charge is 0.184 e. The van der Waals surface area contributed by atoms with Gasteiger partial charge in [0.05, 0.1) is 4.47 Å². The molecule has 1 aromatic heterocycles. The van der Waals surface area contributed by atoms with Crippen LogP contribution in [0.1, 0.15) is 5.76 Å². The van der Waals surface area contributed by atoms with E-state index in [-0.39, 0.29) is 0 Å². The Balaban J connectivity index is 2.80. The van der Waals surface area contributed by atoms with Gasteiger partial charge in [0, 0.05) is 5.33 Å². The summed E-state index contributed by atoms with van der Waals surface area (Å²) in [6.07, 6.45) is 3.88. The zero-order chi connectivity index (χ0) is 8.27. The molecule has 0 aromatic carbocycles. The number of hydrogen-bond acceptors (Lipinski definition) is 1. The quantitative estimate of drug-likeness (QED) is 0.732. The topological polar surface area (TPSA) is 13.1 Å². The van der Waals surface area contributed by atoms with Crippen LogP contribution in [0.4, 0.5) is 0 Å². The molecule has 0 bridgehead atoms. The Kier molecular flexibility index (Phi) is 3.89. The van der Waals surface area contributed by atoms with Gasteiger partial charge in [-0.3, -0.25) is 0 Å². The molecule has 0 N–H and O–H groups in total. The van der Waals surface area contributed by atoms with E-state index >= 15 is 0 Å². The zero-order valence-corrected chi connectivity index (χ0v) is 10.2. The Bertz CT molecular complexity index is 245. The number of furan rings is 1. The van der Waals surface area contributed by atoms with Gasteiger partial charge < -0.3 is 4.42 Å². The van der Waals surface area contributed by atoms with Gasteiger partial charge >= 0.3 is 0 Å². The highest BCUT2D eigenvalue weighted by Gasteiger charge is 2.01. The summed E-state index contributed by atoms with van der Waals surface area (Å²) >= 11 is 9.85. The molecular weight excluding hydrogens is 340 g/mol. The van der Waals surface area contributed by atoms with Crippen LogP contribution in [0.15, 0.2) is 25.7 Å². The molecule has 4 heteroatoms. The number of allylic oxidation sites excluding steroid dienone is 1. The minimum Gasteiger partial charge on any atom is -0.449 e. The second-order valence-corrected chi connectivity index (χ2v) is 4.05. The van der Waals surface area contributed by atoms with Crippen LogP contribution < -0.4 is 0 Å². The van der Waals surface area contributed by atoms with Crippen molar-refractivity contribution in [2.45, 2.75) is 0 Å². The van der Waals surface area contributed by atoms with E-state index < -0.39 is 0 Å². The van der Waals surface area contributed by atoms with Crippen molar-refractivity contribution in [3.8, 4) is 0 Å². The lowest BCUT2D eigenvalue weighted by atomic mass is 10.4. The van der Waals surface area contributed by atoms with Crippen molar-refractivity contribution in [2.75, 3.05) is 5.33 Å². The standard InChI is InChI=1S/C7H5Br3O/c8-3-1-2-5-4-6(9)7(10)11-5/h1-2,4H,3H2. The molecule has 0 fully saturated rings. The van der Waals surface area contributed by atoms with Crippen LogP contribution >= 0.6 is 47.8 Å². The molecule has 0 aliphatic heterocycles. The van der Waals surface area contributed by atoms with E-state index in [1.807, 2.05) is 18.2 Å². The summed E-state index contributed by atoms with van der Waals surface area (Å²) in [5.41, 5.74) is 0. The van der Waals surface area contributed by atoms with Gasteiger partial charge in [-0.25, -0.2) is 0 Å². The second kappa shape index (κ2) is 4.48. The minimum atomic E-state index is 0.728. The normalized spacial score (nSPS) is 11.2. The first-order valence-corrected chi connectivity index (χ1v) is 5.62. The highest BCUT2D eigenvalue weighted by atomic mass is 79.9. The number of hydrogen-bond donors (Lipinski definition) is 0. The van der Waals surface area contributed by atoms with Crippen LogP contribution in [0.3, 0.4) is 0 Å². The Morgan fingerprint density at radius 3 is 2.64 bits per heavy atom. The molecule has 1 heterocycles. The van der Waals surface area contributed by atoms with Crippen molar-refractivity contribution in [3.05, 3.63) is 27.0 Å². The van der Waals surface area contributed by atoms with Crippen LogP contribution in [0.5, 0.6) is 0 Å². The van der Waals surface area contributed by atoms with Crippen LogP contribution in [-0.2, 0) is 0 Å². The molecule has 11 heavy (non-hydrogen) atoms. The van der Waals surface area contributed by atoms with Crippen LogP contribution in [0, 0.1) is 0 Å². The number of rotatable bonds is 2. The summed E-state index contributed by atoms with van der Waals surface area (Å²) < 4.78 is 6.94. The fourth-order valence-corrected chi connectivity index (χ4v) is 1.40. The third-order valence-corrected chi connectivity index (χ3v) is 3.12. The molecule has 0 radical (unpaired) electrons. The van der Waals surface area contributed by atoms with Gasteiger partial charge in [0.2, 0.25) is 0 Å². The van der Waals surface area contributed by atoms with Crippen molar-refractivity contribution in [1.82, 2.24) is 0 Å². The molecule has 1 rings (SSSR count). The van der Waals surface area contributed by atoms with Crippen LogP contribution in [0.2, 0.25) is 0 Å². The summed E-state index contributed by atoms with van der Waals surface area (Å²) in [6.45, 7) is 0. The molecule has 60 valence electrons. The molecule has 0 atom stereocenters. The van der Waals surface area contributed by atoms with Crippen molar-refractivity contribution < 1.29 is 4.42 Å². The van der Waals surface area contributed by atoms with E-state index in [2.05, 4.69) is 47.8 Å². The molecule has 0 saturated carbocycles. The van der Waals surface area contributed by atoms with Gasteiger partial charge in [0.15, 0.2) is 4.67 Å². The highest BCUT2D eigenvalue weighted by Crippen LogP contribution is 2.27. The van der Waals surface area contributed by atoms with Crippen LogP contribution in [-0.4, -0.2) is 5.33 Å². The van der Waals surface area contributed by atoms with Gasteiger partial charge in [-0.15, -0.1) is 0 Å².